The number of halogens is 1. The number of anilines is 2. The van der Waals surface area contributed by atoms with Crippen LogP contribution in [0.1, 0.15) is 30.9 Å². The highest BCUT2D eigenvalue weighted by atomic mass is 35.5. The van der Waals surface area contributed by atoms with Crippen molar-refractivity contribution in [3.8, 4) is 0 Å². The van der Waals surface area contributed by atoms with E-state index < -0.39 is 18.0 Å². The maximum atomic E-state index is 12.7. The largest absolute Gasteiger partial charge is 0.469 e. The maximum absolute atomic E-state index is 12.7. The number of methoxy groups -OCH3 is 1. The second-order valence-corrected chi connectivity index (χ2v) is 6.93. The normalized spacial score (nSPS) is 14.4. The number of urea groups is 1. The Morgan fingerprint density at radius 3 is 2.68 bits per heavy atom. The number of nitrogens with zero attached hydrogens (tertiary/aromatic N) is 2. The van der Waals surface area contributed by atoms with Gasteiger partial charge in [0.05, 0.1) is 25.3 Å². The summed E-state index contributed by atoms with van der Waals surface area (Å²) in [7, 11) is 1.31. The number of carbonyl (C=O) groups is 2. The van der Waals surface area contributed by atoms with Crippen LogP contribution in [0.2, 0.25) is 5.02 Å². The number of nitrogens with one attached hydrogen (secondary N) is 2. The highest BCUT2D eigenvalue weighted by Crippen LogP contribution is 2.28. The van der Waals surface area contributed by atoms with Crippen LogP contribution in [0.15, 0.2) is 42.6 Å². The van der Waals surface area contributed by atoms with E-state index in [2.05, 4.69) is 20.5 Å². The summed E-state index contributed by atoms with van der Waals surface area (Å²) in [5.74, 6) is 0.307. The molecule has 0 spiro atoms. The number of ether oxygens (including phenoxy) is 1. The zero-order chi connectivity index (χ0) is 19.9. The van der Waals surface area contributed by atoms with Crippen LogP contribution in [0, 0.1) is 0 Å². The zero-order valence-electron chi connectivity index (χ0n) is 15.7. The van der Waals surface area contributed by atoms with E-state index in [4.69, 9.17) is 16.3 Å². The average molecular weight is 403 g/mol. The third-order valence-electron chi connectivity index (χ3n) is 4.62. The SMILES string of the molecule is COC(=O)CC(NC(=O)Nc1cccnc1N1CCCC1)c1ccccc1Cl. The van der Waals surface area contributed by atoms with Gasteiger partial charge in [-0.3, -0.25) is 4.79 Å². The molecule has 1 aromatic carbocycles. The van der Waals surface area contributed by atoms with Gasteiger partial charge in [-0.1, -0.05) is 29.8 Å². The molecule has 2 heterocycles. The minimum Gasteiger partial charge on any atom is -0.469 e. The fourth-order valence-electron chi connectivity index (χ4n) is 3.24. The van der Waals surface area contributed by atoms with E-state index in [9.17, 15) is 9.59 Å². The molecule has 1 atom stereocenters. The van der Waals surface area contributed by atoms with Crippen LogP contribution >= 0.6 is 11.6 Å². The molecular formula is C20H23ClN4O3. The Morgan fingerprint density at radius 1 is 1.21 bits per heavy atom. The van der Waals surface area contributed by atoms with Gasteiger partial charge in [-0.2, -0.15) is 0 Å². The summed E-state index contributed by atoms with van der Waals surface area (Å²) in [6.07, 6.45) is 3.89. The van der Waals surface area contributed by atoms with Gasteiger partial charge in [0, 0.05) is 24.3 Å². The molecule has 1 aliphatic heterocycles. The number of hydrogen-bond donors (Lipinski definition) is 2. The molecule has 1 fully saturated rings. The van der Waals surface area contributed by atoms with Gasteiger partial charge < -0.3 is 20.3 Å². The van der Waals surface area contributed by atoms with Crippen LogP contribution in [-0.2, 0) is 9.53 Å². The lowest BCUT2D eigenvalue weighted by atomic mass is 10.0. The lowest BCUT2D eigenvalue weighted by molar-refractivity contribution is -0.141. The molecule has 1 aromatic heterocycles. The quantitative estimate of drug-likeness (QED) is 0.719. The zero-order valence-corrected chi connectivity index (χ0v) is 16.4. The number of aromatic nitrogens is 1. The number of amides is 2. The van der Waals surface area contributed by atoms with Crippen LogP contribution in [0.3, 0.4) is 0 Å². The smallest absolute Gasteiger partial charge is 0.319 e. The first-order valence-corrected chi connectivity index (χ1v) is 9.55. The molecule has 1 unspecified atom stereocenters. The van der Waals surface area contributed by atoms with Crippen molar-refractivity contribution in [2.24, 2.45) is 0 Å². The first-order chi connectivity index (χ1) is 13.6. The minimum atomic E-state index is -0.618. The molecule has 0 aliphatic carbocycles. The first kappa shape index (κ1) is 19.9. The molecule has 2 N–H and O–H groups in total. The summed E-state index contributed by atoms with van der Waals surface area (Å²) in [4.78, 5) is 31.1. The Hall–Kier alpha value is -2.80. The summed E-state index contributed by atoms with van der Waals surface area (Å²) in [6, 6.07) is 9.61. The topological polar surface area (TPSA) is 83.6 Å². The Kier molecular flexibility index (Phi) is 6.71. The van der Waals surface area contributed by atoms with Crippen molar-refractivity contribution in [1.29, 1.82) is 0 Å². The average Bonchev–Trinajstić information content (AvgIpc) is 3.22. The molecule has 2 aromatic rings. The van der Waals surface area contributed by atoms with E-state index in [0.717, 1.165) is 31.7 Å². The number of pyridine rings is 1. The van der Waals surface area contributed by atoms with Gasteiger partial charge in [0.2, 0.25) is 0 Å². The van der Waals surface area contributed by atoms with Gasteiger partial charge in [0.1, 0.15) is 0 Å². The molecule has 7 nitrogen and oxygen atoms in total. The predicted molar refractivity (Wildman–Crippen MR) is 109 cm³/mol. The van der Waals surface area contributed by atoms with Crippen molar-refractivity contribution in [2.75, 3.05) is 30.4 Å². The second-order valence-electron chi connectivity index (χ2n) is 6.52. The van der Waals surface area contributed by atoms with Crippen LogP contribution in [-0.4, -0.2) is 37.2 Å². The van der Waals surface area contributed by atoms with E-state index in [1.807, 2.05) is 6.07 Å². The summed E-state index contributed by atoms with van der Waals surface area (Å²) < 4.78 is 4.76. The minimum absolute atomic E-state index is 0.0281. The molecule has 1 saturated heterocycles. The summed E-state index contributed by atoms with van der Waals surface area (Å²) in [5, 5.41) is 6.14. The molecule has 0 radical (unpaired) electrons. The van der Waals surface area contributed by atoms with Gasteiger partial charge in [0.25, 0.3) is 0 Å². The summed E-state index contributed by atoms with van der Waals surface area (Å²) in [6.45, 7) is 1.83. The summed E-state index contributed by atoms with van der Waals surface area (Å²) >= 11 is 6.26. The molecule has 148 valence electrons. The fraction of sp³-hybridized carbons (Fsp3) is 0.350. The fourth-order valence-corrected chi connectivity index (χ4v) is 3.51. The molecule has 1 aliphatic rings. The Labute approximate surface area is 169 Å². The molecule has 0 bridgehead atoms. The van der Waals surface area contributed by atoms with Crippen LogP contribution < -0.4 is 15.5 Å². The van der Waals surface area contributed by atoms with E-state index in [0.29, 0.717) is 16.3 Å². The van der Waals surface area contributed by atoms with Crippen molar-refractivity contribution < 1.29 is 14.3 Å². The van der Waals surface area contributed by atoms with Gasteiger partial charge in [-0.15, -0.1) is 0 Å². The number of hydrogen-bond acceptors (Lipinski definition) is 5. The van der Waals surface area contributed by atoms with Gasteiger partial charge in [-0.05, 0) is 36.6 Å². The Bertz CT molecular complexity index is 840. The Balaban J connectivity index is 1.76. The highest BCUT2D eigenvalue weighted by Gasteiger charge is 2.23. The van der Waals surface area contributed by atoms with Crippen molar-refractivity contribution >= 4 is 35.1 Å². The monoisotopic (exact) mass is 402 g/mol. The van der Waals surface area contributed by atoms with E-state index in [1.54, 1.807) is 36.5 Å². The van der Waals surface area contributed by atoms with Crippen molar-refractivity contribution in [1.82, 2.24) is 10.3 Å². The van der Waals surface area contributed by atoms with Gasteiger partial charge in [-0.25, -0.2) is 9.78 Å². The number of benzene rings is 1. The van der Waals surface area contributed by atoms with Gasteiger partial charge in [0.15, 0.2) is 5.82 Å². The molecule has 8 heteroatoms. The lowest BCUT2D eigenvalue weighted by Crippen LogP contribution is -2.34. The van der Waals surface area contributed by atoms with Gasteiger partial charge >= 0.3 is 12.0 Å². The van der Waals surface area contributed by atoms with Crippen molar-refractivity contribution in [2.45, 2.75) is 25.3 Å². The Morgan fingerprint density at radius 2 is 1.96 bits per heavy atom. The van der Waals surface area contributed by atoms with Crippen LogP contribution in [0.4, 0.5) is 16.3 Å². The molecule has 28 heavy (non-hydrogen) atoms. The highest BCUT2D eigenvalue weighted by molar-refractivity contribution is 6.31. The van der Waals surface area contributed by atoms with E-state index in [1.165, 1.54) is 7.11 Å². The third-order valence-corrected chi connectivity index (χ3v) is 4.97. The van der Waals surface area contributed by atoms with Crippen LogP contribution in [0.25, 0.3) is 0 Å². The second kappa shape index (κ2) is 9.41. The number of rotatable bonds is 6. The lowest BCUT2D eigenvalue weighted by Gasteiger charge is -2.22. The summed E-state index contributed by atoms with van der Waals surface area (Å²) in [5.41, 5.74) is 1.27. The molecular weight excluding hydrogens is 380 g/mol. The molecule has 0 saturated carbocycles. The van der Waals surface area contributed by atoms with Crippen LogP contribution in [0.5, 0.6) is 0 Å². The predicted octanol–water partition coefficient (Wildman–Crippen LogP) is 3.76. The maximum Gasteiger partial charge on any atom is 0.319 e. The first-order valence-electron chi connectivity index (χ1n) is 9.17. The van der Waals surface area contributed by atoms with Crippen molar-refractivity contribution in [3.05, 3.63) is 53.2 Å². The van der Waals surface area contributed by atoms with E-state index in [-0.39, 0.29) is 6.42 Å². The van der Waals surface area contributed by atoms with E-state index >= 15 is 0 Å². The number of carbonyl (C=O) groups excluding carboxylic acids is 2. The third kappa shape index (κ3) is 4.92. The molecule has 3 rings (SSSR count). The van der Waals surface area contributed by atoms with Crippen molar-refractivity contribution in [3.63, 3.8) is 0 Å². The standard InChI is InChI=1S/C20H23ClN4O3/c1-28-18(26)13-17(14-7-2-3-8-15(14)21)24-20(27)23-16-9-6-10-22-19(16)25-11-4-5-12-25/h2-3,6-10,17H,4-5,11-13H2,1H3,(H2,23,24,27). The molecule has 2 amide bonds. The number of esters is 1.